The number of imidazole rings is 1. The Kier molecular flexibility index (Phi) is 5.75. The average Bonchev–Trinajstić information content (AvgIpc) is 3.04. The zero-order valence-electron chi connectivity index (χ0n) is 15.6. The summed E-state index contributed by atoms with van der Waals surface area (Å²) in [6, 6.07) is 12.2. The number of aromatic nitrogens is 2. The molecule has 0 saturated carbocycles. The van der Waals surface area contributed by atoms with Gasteiger partial charge in [-0.05, 0) is 43.2 Å². The Hall–Kier alpha value is -1.80. The fraction of sp³-hybridized carbons (Fsp3) is 0.350. The lowest BCUT2D eigenvalue weighted by Crippen LogP contribution is -2.39. The molecule has 4 rings (SSSR count). The van der Waals surface area contributed by atoms with E-state index in [9.17, 15) is 13.2 Å². The number of piperidine rings is 1. The van der Waals surface area contributed by atoms with Crippen LogP contribution in [0, 0.1) is 0 Å². The summed E-state index contributed by atoms with van der Waals surface area (Å²) in [6.07, 6.45) is 1.58. The smallest absolute Gasteiger partial charge is 0.306 e. The van der Waals surface area contributed by atoms with E-state index in [1.54, 1.807) is 6.07 Å². The Balaban J connectivity index is 1.41. The monoisotopic (exact) mass is 453 g/mol. The molecule has 1 fully saturated rings. The second-order valence-electron chi connectivity index (χ2n) is 7.28. The number of hydrogen-bond donors (Lipinski definition) is 1. The van der Waals surface area contributed by atoms with Gasteiger partial charge in [0.05, 0.1) is 26.7 Å². The highest BCUT2D eigenvalue weighted by atomic mass is 35.5. The van der Waals surface area contributed by atoms with E-state index in [1.165, 1.54) is 12.1 Å². The van der Waals surface area contributed by atoms with Crippen LogP contribution in [-0.4, -0.2) is 48.3 Å². The van der Waals surface area contributed by atoms with Gasteiger partial charge in [-0.2, -0.15) is 0 Å². The Bertz CT molecular complexity index is 1200. The normalized spacial score (nSPS) is 16.5. The van der Waals surface area contributed by atoms with Gasteiger partial charge in [-0.15, -0.1) is 0 Å². The topological polar surface area (TPSA) is 75.2 Å². The molecule has 154 valence electrons. The minimum Gasteiger partial charge on any atom is -0.306 e. The van der Waals surface area contributed by atoms with Crippen molar-refractivity contribution in [1.29, 1.82) is 0 Å². The molecule has 0 aliphatic carbocycles. The molecule has 2 heterocycles. The molecule has 3 aromatic rings. The summed E-state index contributed by atoms with van der Waals surface area (Å²) >= 11 is 12.0. The molecule has 0 bridgehead atoms. The van der Waals surface area contributed by atoms with Crippen molar-refractivity contribution in [3.8, 4) is 0 Å². The molecule has 29 heavy (non-hydrogen) atoms. The Labute approximate surface area is 179 Å². The lowest BCUT2D eigenvalue weighted by Gasteiger charge is -2.32. The average molecular weight is 454 g/mol. The minimum absolute atomic E-state index is 0.0231. The number of halogens is 2. The van der Waals surface area contributed by atoms with Crippen LogP contribution in [0.15, 0.2) is 52.2 Å². The van der Waals surface area contributed by atoms with E-state index in [1.807, 2.05) is 28.8 Å². The highest BCUT2D eigenvalue weighted by Crippen LogP contribution is 2.27. The van der Waals surface area contributed by atoms with Crippen LogP contribution < -0.4 is 5.69 Å². The van der Waals surface area contributed by atoms with Crippen LogP contribution in [0.25, 0.3) is 11.0 Å². The summed E-state index contributed by atoms with van der Waals surface area (Å²) in [7, 11) is -3.52. The predicted molar refractivity (Wildman–Crippen MR) is 116 cm³/mol. The Morgan fingerprint density at radius 2 is 1.79 bits per heavy atom. The van der Waals surface area contributed by atoms with Gasteiger partial charge in [0, 0.05) is 30.7 Å². The third-order valence-electron chi connectivity index (χ3n) is 5.45. The van der Waals surface area contributed by atoms with Gasteiger partial charge in [0.1, 0.15) is 0 Å². The van der Waals surface area contributed by atoms with Crippen LogP contribution in [0.4, 0.5) is 0 Å². The molecule has 0 spiro atoms. The molecule has 0 atom stereocenters. The molecule has 0 radical (unpaired) electrons. The van der Waals surface area contributed by atoms with E-state index in [-0.39, 0.29) is 27.4 Å². The van der Waals surface area contributed by atoms with E-state index in [2.05, 4.69) is 9.88 Å². The highest BCUT2D eigenvalue weighted by molar-refractivity contribution is 7.91. The maximum absolute atomic E-state index is 12.7. The number of likely N-dealkylation sites (tertiary alicyclic amines) is 1. The van der Waals surface area contributed by atoms with Crippen molar-refractivity contribution in [2.75, 3.05) is 25.4 Å². The van der Waals surface area contributed by atoms with Crippen molar-refractivity contribution in [2.24, 2.45) is 0 Å². The maximum atomic E-state index is 12.7. The number of H-pyrrole nitrogens is 1. The van der Waals surface area contributed by atoms with Crippen molar-refractivity contribution in [1.82, 2.24) is 14.5 Å². The van der Waals surface area contributed by atoms with Gasteiger partial charge in [0.25, 0.3) is 0 Å². The second-order valence-corrected chi connectivity index (χ2v) is 10.2. The molecular formula is C20H21Cl2N3O3S. The molecule has 1 saturated heterocycles. The number of fused-ring (bicyclic) bond motifs is 1. The number of aromatic amines is 1. The van der Waals surface area contributed by atoms with Gasteiger partial charge in [0.2, 0.25) is 0 Å². The van der Waals surface area contributed by atoms with Crippen LogP contribution in [0.5, 0.6) is 0 Å². The third-order valence-corrected chi connectivity index (χ3v) is 7.86. The van der Waals surface area contributed by atoms with Crippen molar-refractivity contribution in [3.05, 3.63) is 63.0 Å². The summed E-state index contributed by atoms with van der Waals surface area (Å²) in [6.45, 7) is 1.88. The Morgan fingerprint density at radius 1 is 1.07 bits per heavy atom. The first kappa shape index (κ1) is 20.5. The van der Waals surface area contributed by atoms with Gasteiger partial charge >= 0.3 is 5.69 Å². The molecule has 1 N–H and O–H groups in total. The molecule has 0 amide bonds. The van der Waals surface area contributed by atoms with Gasteiger partial charge in [-0.1, -0.05) is 35.3 Å². The zero-order chi connectivity index (χ0) is 20.6. The van der Waals surface area contributed by atoms with Crippen molar-refractivity contribution < 1.29 is 8.42 Å². The lowest BCUT2D eigenvalue weighted by molar-refractivity contribution is 0.195. The number of sulfone groups is 1. The molecule has 0 unspecified atom stereocenters. The van der Waals surface area contributed by atoms with Crippen molar-refractivity contribution in [3.63, 3.8) is 0 Å². The molecule has 6 nitrogen and oxygen atoms in total. The first-order chi connectivity index (χ1) is 13.8. The van der Waals surface area contributed by atoms with E-state index in [0.29, 0.717) is 11.6 Å². The minimum atomic E-state index is -3.52. The van der Waals surface area contributed by atoms with Crippen molar-refractivity contribution >= 4 is 44.1 Å². The van der Waals surface area contributed by atoms with Crippen LogP contribution >= 0.6 is 23.2 Å². The van der Waals surface area contributed by atoms with Gasteiger partial charge < -0.3 is 9.88 Å². The summed E-state index contributed by atoms with van der Waals surface area (Å²) in [5, 5.41) is 0.532. The summed E-state index contributed by atoms with van der Waals surface area (Å²) in [5.74, 6) is -0.0231. The first-order valence-electron chi connectivity index (χ1n) is 9.44. The van der Waals surface area contributed by atoms with Crippen LogP contribution in [0.2, 0.25) is 10.0 Å². The summed E-state index contributed by atoms with van der Waals surface area (Å²) in [4.78, 5) is 17.5. The first-order valence-corrected chi connectivity index (χ1v) is 11.9. The molecular weight excluding hydrogens is 433 g/mol. The van der Waals surface area contributed by atoms with E-state index in [4.69, 9.17) is 23.2 Å². The molecule has 2 aromatic carbocycles. The van der Waals surface area contributed by atoms with E-state index in [0.717, 1.165) is 37.0 Å². The standard InChI is InChI=1S/C20H21Cl2N3O3S/c21-14-5-6-16(22)19(13-14)29(27,28)12-11-24-9-7-15(8-10-24)25-18-4-2-1-3-17(18)23-20(25)26/h1-6,13,15H,7-12H2,(H,23,26). The molecule has 9 heteroatoms. The van der Waals surface area contributed by atoms with Crippen LogP contribution in [0.1, 0.15) is 18.9 Å². The largest absolute Gasteiger partial charge is 0.326 e. The SMILES string of the molecule is O=c1[nH]c2ccccc2n1C1CCN(CCS(=O)(=O)c2cc(Cl)ccc2Cl)CC1. The van der Waals surface area contributed by atoms with E-state index < -0.39 is 9.84 Å². The van der Waals surface area contributed by atoms with Gasteiger partial charge in [-0.25, -0.2) is 13.2 Å². The van der Waals surface area contributed by atoms with E-state index >= 15 is 0 Å². The maximum Gasteiger partial charge on any atom is 0.326 e. The van der Waals surface area contributed by atoms with Crippen LogP contribution in [0.3, 0.4) is 0 Å². The predicted octanol–water partition coefficient (Wildman–Crippen LogP) is 3.75. The van der Waals surface area contributed by atoms with Gasteiger partial charge in [-0.3, -0.25) is 4.57 Å². The number of rotatable bonds is 5. The summed E-state index contributed by atoms with van der Waals surface area (Å²) in [5.41, 5.74) is 1.65. The fourth-order valence-corrected chi connectivity index (χ4v) is 6.01. The van der Waals surface area contributed by atoms with Gasteiger partial charge in [0.15, 0.2) is 9.84 Å². The number of benzene rings is 2. The number of para-hydroxylation sites is 2. The molecule has 1 aromatic heterocycles. The number of nitrogens with one attached hydrogen (secondary N) is 1. The quantitative estimate of drug-likeness (QED) is 0.638. The molecule has 1 aliphatic heterocycles. The van der Waals surface area contributed by atoms with Crippen molar-refractivity contribution in [2.45, 2.75) is 23.8 Å². The second kappa shape index (κ2) is 8.14. The number of nitrogens with zero attached hydrogens (tertiary/aromatic N) is 2. The molecule has 1 aliphatic rings. The fourth-order valence-electron chi connectivity index (χ4n) is 3.91. The highest BCUT2D eigenvalue weighted by Gasteiger charge is 2.25. The zero-order valence-corrected chi connectivity index (χ0v) is 18.0. The third kappa shape index (κ3) is 4.23. The Morgan fingerprint density at radius 3 is 2.55 bits per heavy atom. The number of hydrogen-bond acceptors (Lipinski definition) is 4. The van der Waals surface area contributed by atoms with Crippen LogP contribution in [-0.2, 0) is 9.84 Å². The summed E-state index contributed by atoms with van der Waals surface area (Å²) < 4.78 is 27.2. The lowest BCUT2D eigenvalue weighted by atomic mass is 10.0.